The minimum atomic E-state index is -0.558. The number of nitrogens with one attached hydrogen (secondary N) is 1. The first-order chi connectivity index (χ1) is 14.1. The molecule has 0 spiro atoms. The Morgan fingerprint density at radius 1 is 1.14 bits per heavy atom. The first-order valence-electron chi connectivity index (χ1n) is 9.93. The summed E-state index contributed by atoms with van der Waals surface area (Å²) < 4.78 is 11.1. The lowest BCUT2D eigenvalue weighted by molar-refractivity contribution is -0.137. The third-order valence-electron chi connectivity index (χ3n) is 5.51. The highest BCUT2D eigenvalue weighted by atomic mass is 16.5. The summed E-state index contributed by atoms with van der Waals surface area (Å²) in [6.07, 6.45) is 3.54. The van der Waals surface area contributed by atoms with Crippen LogP contribution in [0.3, 0.4) is 0 Å². The average Bonchev–Trinajstić information content (AvgIpc) is 3.22. The van der Waals surface area contributed by atoms with Crippen LogP contribution in [0.2, 0.25) is 0 Å². The molecule has 1 fully saturated rings. The van der Waals surface area contributed by atoms with Gasteiger partial charge in [-0.15, -0.1) is 0 Å². The van der Waals surface area contributed by atoms with E-state index in [-0.39, 0.29) is 5.91 Å². The van der Waals surface area contributed by atoms with Gasteiger partial charge in [-0.3, -0.25) is 9.78 Å². The Balaban J connectivity index is 1.49. The molecule has 1 aliphatic rings. The van der Waals surface area contributed by atoms with Crippen LogP contribution in [0.5, 0.6) is 0 Å². The normalized spacial score (nSPS) is 15.8. The zero-order chi connectivity index (χ0) is 20.1. The molecule has 150 valence electrons. The summed E-state index contributed by atoms with van der Waals surface area (Å²) in [5.41, 5.74) is 3.27. The maximum absolute atomic E-state index is 13.2. The highest BCUT2D eigenvalue weighted by Gasteiger charge is 2.41. The van der Waals surface area contributed by atoms with Crippen LogP contribution in [0.25, 0.3) is 11.3 Å². The molecule has 1 aliphatic heterocycles. The fourth-order valence-electron chi connectivity index (χ4n) is 3.70. The quantitative estimate of drug-likeness (QED) is 0.693. The van der Waals surface area contributed by atoms with E-state index in [1.54, 1.807) is 6.20 Å². The molecular weight excluding hydrogens is 366 g/mol. The third kappa shape index (κ3) is 4.54. The van der Waals surface area contributed by atoms with Crippen LogP contribution in [0.1, 0.15) is 29.9 Å². The van der Waals surface area contributed by atoms with E-state index in [2.05, 4.69) is 34.5 Å². The van der Waals surface area contributed by atoms with Crippen molar-refractivity contribution in [3.63, 3.8) is 0 Å². The number of hydrogen-bond acceptors (Lipinski definition) is 5. The van der Waals surface area contributed by atoms with E-state index >= 15 is 0 Å². The number of ether oxygens (including phenoxy) is 1. The molecule has 3 aromatic rings. The number of benzene rings is 1. The van der Waals surface area contributed by atoms with Gasteiger partial charge in [0, 0.05) is 37.5 Å². The van der Waals surface area contributed by atoms with Gasteiger partial charge in [-0.1, -0.05) is 41.1 Å². The Morgan fingerprint density at radius 2 is 1.93 bits per heavy atom. The summed E-state index contributed by atoms with van der Waals surface area (Å²) in [4.78, 5) is 17.4. The van der Waals surface area contributed by atoms with Crippen LogP contribution in [-0.4, -0.2) is 29.3 Å². The van der Waals surface area contributed by atoms with Crippen molar-refractivity contribution in [1.82, 2.24) is 15.5 Å². The Kier molecular flexibility index (Phi) is 5.71. The Morgan fingerprint density at radius 3 is 2.66 bits per heavy atom. The van der Waals surface area contributed by atoms with Crippen molar-refractivity contribution in [2.24, 2.45) is 5.41 Å². The second kappa shape index (κ2) is 8.57. The standard InChI is InChI=1S/C23H25N3O3/c1-17-5-7-18(8-6-17)21-14-20(29-26-21)15-23(9-12-28-13-10-23)22(27)25-16-19-4-2-3-11-24-19/h2-8,11,14H,9-10,12-13,15-16H2,1H3,(H,25,27). The largest absolute Gasteiger partial charge is 0.381 e. The van der Waals surface area contributed by atoms with E-state index in [1.807, 2.05) is 36.4 Å². The SMILES string of the molecule is Cc1ccc(-c2cc(CC3(C(=O)NCc4ccccn4)CCOCC3)on2)cc1. The lowest BCUT2D eigenvalue weighted by Crippen LogP contribution is -2.45. The van der Waals surface area contributed by atoms with Crippen LogP contribution in [0, 0.1) is 12.3 Å². The van der Waals surface area contributed by atoms with Crippen molar-refractivity contribution in [3.05, 3.63) is 71.7 Å². The summed E-state index contributed by atoms with van der Waals surface area (Å²) >= 11 is 0. The lowest BCUT2D eigenvalue weighted by atomic mass is 9.75. The molecule has 0 unspecified atom stereocenters. The maximum Gasteiger partial charge on any atom is 0.227 e. The highest BCUT2D eigenvalue weighted by molar-refractivity contribution is 5.83. The van der Waals surface area contributed by atoms with Crippen molar-refractivity contribution in [2.45, 2.75) is 32.7 Å². The molecule has 1 saturated heterocycles. The molecule has 2 aromatic heterocycles. The molecule has 6 nitrogen and oxygen atoms in total. The number of pyridine rings is 1. The molecule has 0 aliphatic carbocycles. The average molecular weight is 391 g/mol. The van der Waals surface area contributed by atoms with Crippen molar-refractivity contribution < 1.29 is 14.1 Å². The smallest absolute Gasteiger partial charge is 0.227 e. The van der Waals surface area contributed by atoms with Crippen molar-refractivity contribution in [2.75, 3.05) is 13.2 Å². The van der Waals surface area contributed by atoms with E-state index in [9.17, 15) is 4.79 Å². The molecule has 1 amide bonds. The fourth-order valence-corrected chi connectivity index (χ4v) is 3.70. The molecule has 0 bridgehead atoms. The number of nitrogens with zero attached hydrogens (tertiary/aromatic N) is 2. The van der Waals surface area contributed by atoms with E-state index in [0.29, 0.717) is 39.0 Å². The van der Waals surface area contributed by atoms with Gasteiger partial charge in [-0.2, -0.15) is 0 Å². The Hall–Kier alpha value is -2.99. The number of aromatic nitrogens is 2. The summed E-state index contributed by atoms with van der Waals surface area (Å²) in [5.74, 6) is 0.732. The van der Waals surface area contributed by atoms with E-state index in [1.165, 1.54) is 5.56 Å². The number of aryl methyl sites for hydroxylation is 1. The minimum absolute atomic E-state index is 0.0136. The molecule has 0 atom stereocenters. The van der Waals surface area contributed by atoms with Crippen LogP contribution in [0.15, 0.2) is 59.3 Å². The van der Waals surface area contributed by atoms with Gasteiger partial charge in [0.25, 0.3) is 0 Å². The predicted octanol–water partition coefficient (Wildman–Crippen LogP) is 3.70. The number of rotatable bonds is 6. The lowest BCUT2D eigenvalue weighted by Gasteiger charge is -2.35. The van der Waals surface area contributed by atoms with Gasteiger partial charge in [0.15, 0.2) is 0 Å². The number of hydrogen-bond donors (Lipinski definition) is 1. The zero-order valence-electron chi connectivity index (χ0n) is 16.6. The summed E-state index contributed by atoms with van der Waals surface area (Å²) in [6, 6.07) is 15.8. The Labute approximate surface area is 170 Å². The molecular formula is C23H25N3O3. The molecule has 29 heavy (non-hydrogen) atoms. The van der Waals surface area contributed by atoms with Gasteiger partial charge >= 0.3 is 0 Å². The molecule has 1 aromatic carbocycles. The Bertz CT molecular complexity index is 945. The zero-order valence-corrected chi connectivity index (χ0v) is 16.6. The van der Waals surface area contributed by atoms with E-state index in [4.69, 9.17) is 9.26 Å². The fraction of sp³-hybridized carbons (Fsp3) is 0.348. The maximum atomic E-state index is 13.2. The van der Waals surface area contributed by atoms with Crippen molar-refractivity contribution >= 4 is 5.91 Å². The predicted molar refractivity (Wildman–Crippen MR) is 109 cm³/mol. The van der Waals surface area contributed by atoms with Crippen LogP contribution in [-0.2, 0) is 22.5 Å². The number of carbonyl (C=O) groups is 1. The van der Waals surface area contributed by atoms with Crippen LogP contribution in [0.4, 0.5) is 0 Å². The van der Waals surface area contributed by atoms with Crippen LogP contribution < -0.4 is 5.32 Å². The molecule has 0 radical (unpaired) electrons. The first kappa shape index (κ1) is 19.3. The van der Waals surface area contributed by atoms with Crippen molar-refractivity contribution in [3.8, 4) is 11.3 Å². The molecule has 4 rings (SSSR count). The monoisotopic (exact) mass is 391 g/mol. The summed E-state index contributed by atoms with van der Waals surface area (Å²) in [7, 11) is 0. The van der Waals surface area contributed by atoms with E-state index < -0.39 is 5.41 Å². The number of amides is 1. The highest BCUT2D eigenvalue weighted by Crippen LogP contribution is 2.35. The van der Waals surface area contributed by atoms with Gasteiger partial charge in [-0.25, -0.2) is 0 Å². The van der Waals surface area contributed by atoms with E-state index in [0.717, 1.165) is 22.7 Å². The molecule has 0 saturated carbocycles. The van der Waals surface area contributed by atoms with Crippen molar-refractivity contribution in [1.29, 1.82) is 0 Å². The van der Waals surface area contributed by atoms with Gasteiger partial charge < -0.3 is 14.6 Å². The van der Waals surface area contributed by atoms with Gasteiger partial charge in [-0.05, 0) is 31.9 Å². The first-order valence-corrected chi connectivity index (χ1v) is 9.93. The number of carbonyl (C=O) groups excluding carboxylic acids is 1. The minimum Gasteiger partial charge on any atom is -0.381 e. The topological polar surface area (TPSA) is 77.2 Å². The molecule has 1 N–H and O–H groups in total. The third-order valence-corrected chi connectivity index (χ3v) is 5.51. The molecule has 3 heterocycles. The van der Waals surface area contributed by atoms with Gasteiger partial charge in [0.2, 0.25) is 5.91 Å². The van der Waals surface area contributed by atoms with Gasteiger partial charge in [0.1, 0.15) is 11.5 Å². The van der Waals surface area contributed by atoms with Gasteiger partial charge in [0.05, 0.1) is 17.7 Å². The summed E-state index contributed by atoms with van der Waals surface area (Å²) in [5, 5.41) is 7.27. The molecule has 6 heteroatoms. The summed E-state index contributed by atoms with van der Waals surface area (Å²) in [6.45, 7) is 3.59. The second-order valence-corrected chi connectivity index (χ2v) is 7.62. The van der Waals surface area contributed by atoms with Crippen LogP contribution >= 0.6 is 0 Å². The second-order valence-electron chi connectivity index (χ2n) is 7.62.